The van der Waals surface area contributed by atoms with E-state index in [0.29, 0.717) is 36.0 Å². The summed E-state index contributed by atoms with van der Waals surface area (Å²) in [7, 11) is 0. The van der Waals surface area contributed by atoms with E-state index >= 15 is 0 Å². The molecule has 11 heteroatoms. The number of aliphatic hydroxyl groups is 1. The summed E-state index contributed by atoms with van der Waals surface area (Å²) < 4.78 is 1.61. The van der Waals surface area contributed by atoms with Crippen molar-refractivity contribution in [3.8, 4) is 0 Å². The number of aliphatic hydroxyl groups excluding tert-OH is 1. The van der Waals surface area contributed by atoms with Crippen molar-refractivity contribution in [2.24, 2.45) is 5.41 Å². The van der Waals surface area contributed by atoms with Crippen LogP contribution in [0.1, 0.15) is 73.6 Å². The lowest BCUT2D eigenvalue weighted by Crippen LogP contribution is -2.51. The number of hydrogen-bond donors (Lipinski definition) is 2. The fourth-order valence-corrected chi connectivity index (χ4v) is 5.77. The predicted octanol–water partition coefficient (Wildman–Crippen LogP) is 2.17. The molecule has 2 unspecified atom stereocenters. The van der Waals surface area contributed by atoms with E-state index in [9.17, 15) is 19.5 Å². The number of rotatable bonds is 7. The Morgan fingerprint density at radius 3 is 2.74 bits per heavy atom. The zero-order valence-electron chi connectivity index (χ0n) is 22.1. The van der Waals surface area contributed by atoms with Crippen molar-refractivity contribution >= 4 is 29.3 Å². The summed E-state index contributed by atoms with van der Waals surface area (Å²) in [5, 5.41) is 22.4. The minimum Gasteiger partial charge on any atom is -0.391 e. The van der Waals surface area contributed by atoms with Gasteiger partial charge in [0.2, 0.25) is 11.8 Å². The smallest absolute Gasteiger partial charge is 0.254 e. The molecule has 3 aliphatic rings. The molecule has 0 bridgehead atoms. The zero-order chi connectivity index (χ0) is 27.2. The maximum Gasteiger partial charge on any atom is 0.254 e. The van der Waals surface area contributed by atoms with Gasteiger partial charge in [-0.05, 0) is 42.4 Å². The molecule has 0 spiro atoms. The Morgan fingerprint density at radius 1 is 1.26 bits per heavy atom. The van der Waals surface area contributed by atoms with Crippen LogP contribution < -0.4 is 5.32 Å². The van der Waals surface area contributed by atoms with Crippen LogP contribution in [0.15, 0.2) is 24.4 Å². The van der Waals surface area contributed by atoms with E-state index in [1.54, 1.807) is 27.8 Å². The minimum atomic E-state index is -0.801. The average Bonchev–Trinajstić information content (AvgIpc) is 3.47. The van der Waals surface area contributed by atoms with Crippen molar-refractivity contribution in [3.05, 3.63) is 46.2 Å². The van der Waals surface area contributed by atoms with Gasteiger partial charge in [0.1, 0.15) is 12.1 Å². The number of carbonyl (C=O) groups excluding carboxylic acids is 3. The lowest BCUT2D eigenvalue weighted by molar-refractivity contribution is -0.144. The van der Waals surface area contributed by atoms with E-state index < -0.39 is 23.6 Å². The summed E-state index contributed by atoms with van der Waals surface area (Å²) in [6, 6.07) is 3.85. The zero-order valence-corrected chi connectivity index (χ0v) is 22.8. The van der Waals surface area contributed by atoms with Gasteiger partial charge < -0.3 is 20.2 Å². The quantitative estimate of drug-likeness (QED) is 0.553. The first kappa shape index (κ1) is 26.6. The fourth-order valence-electron chi connectivity index (χ4n) is 5.50. The molecule has 2 N–H and O–H groups in total. The number of aromatic nitrogens is 3. The van der Waals surface area contributed by atoms with Gasteiger partial charge in [0.15, 0.2) is 0 Å². The molecule has 3 amide bonds. The number of hydrogen-bond acceptors (Lipinski definition) is 6. The third-order valence-electron chi connectivity index (χ3n) is 7.66. The Hall–Kier alpha value is -2.98. The number of fused-ring (bicyclic) bond motifs is 1. The average molecular weight is 543 g/mol. The number of carbonyl (C=O) groups is 3. The largest absolute Gasteiger partial charge is 0.391 e. The van der Waals surface area contributed by atoms with Crippen LogP contribution in [0, 0.1) is 5.41 Å². The highest BCUT2D eigenvalue weighted by atomic mass is 35.5. The molecular weight excluding hydrogens is 508 g/mol. The van der Waals surface area contributed by atoms with Crippen molar-refractivity contribution in [3.63, 3.8) is 0 Å². The van der Waals surface area contributed by atoms with Crippen molar-refractivity contribution in [1.29, 1.82) is 0 Å². The third-order valence-corrected chi connectivity index (χ3v) is 8.01. The van der Waals surface area contributed by atoms with E-state index in [4.69, 9.17) is 11.6 Å². The molecule has 38 heavy (non-hydrogen) atoms. The molecule has 1 aromatic heterocycles. The van der Waals surface area contributed by atoms with Crippen LogP contribution in [0.5, 0.6) is 0 Å². The molecule has 1 aliphatic carbocycles. The molecule has 3 heterocycles. The molecule has 1 saturated carbocycles. The summed E-state index contributed by atoms with van der Waals surface area (Å²) in [5.74, 6) is -0.305. The van der Waals surface area contributed by atoms with Crippen LogP contribution in [-0.4, -0.2) is 85.9 Å². The molecule has 3 atom stereocenters. The van der Waals surface area contributed by atoms with Crippen molar-refractivity contribution in [1.82, 2.24) is 30.1 Å². The van der Waals surface area contributed by atoms with E-state index in [2.05, 4.69) is 15.6 Å². The maximum absolute atomic E-state index is 13.8. The first-order valence-corrected chi connectivity index (χ1v) is 13.7. The summed E-state index contributed by atoms with van der Waals surface area (Å²) in [5.41, 5.74) is 1.85. The Kier molecular flexibility index (Phi) is 7.21. The monoisotopic (exact) mass is 542 g/mol. The Labute approximate surface area is 227 Å². The number of amides is 3. The van der Waals surface area contributed by atoms with Crippen molar-refractivity contribution in [2.75, 3.05) is 26.2 Å². The van der Waals surface area contributed by atoms with Crippen molar-refractivity contribution < 1.29 is 19.5 Å². The number of β-amino-alcohol motifs (C(OH)–C–C–N with tert-alkyl or cyclic N) is 1. The lowest BCUT2D eigenvalue weighted by atomic mass is 9.85. The number of nitrogens with one attached hydrogen (secondary N) is 1. The molecule has 0 radical (unpaired) electrons. The van der Waals surface area contributed by atoms with Gasteiger partial charge >= 0.3 is 0 Å². The van der Waals surface area contributed by atoms with Gasteiger partial charge in [-0.2, -0.15) is 0 Å². The Bertz CT molecular complexity index is 1240. The number of halogens is 1. The van der Waals surface area contributed by atoms with E-state index in [1.165, 1.54) is 4.90 Å². The summed E-state index contributed by atoms with van der Waals surface area (Å²) in [6.07, 6.45) is 4.03. The maximum atomic E-state index is 13.8. The van der Waals surface area contributed by atoms with Gasteiger partial charge in [0.05, 0.1) is 11.8 Å². The van der Waals surface area contributed by atoms with Gasteiger partial charge in [-0.25, -0.2) is 4.68 Å². The number of nitrogens with zero attached hydrogens (tertiary/aromatic N) is 5. The van der Waals surface area contributed by atoms with Crippen LogP contribution in [0.25, 0.3) is 0 Å². The predicted molar refractivity (Wildman–Crippen MR) is 141 cm³/mol. The van der Waals surface area contributed by atoms with Crippen LogP contribution >= 0.6 is 11.6 Å². The molecule has 1 aromatic carbocycles. The molecule has 2 aliphatic heterocycles. The highest BCUT2D eigenvalue weighted by molar-refractivity contribution is 6.32. The lowest BCUT2D eigenvalue weighted by Gasteiger charge is -2.34. The molecule has 5 rings (SSSR count). The normalized spacial score (nSPS) is 22.4. The highest BCUT2D eigenvalue weighted by Crippen LogP contribution is 2.40. The number of likely N-dealkylation sites (tertiary alicyclic amines) is 1. The standard InChI is InChI=1S/C27H35ClN6O4/c1-27(2,3)23(34-15-21(30-31-34)16-7-8-16)26(38)33-14-17(35)13-22(33)24(36)29-10-12-32-11-9-18-19(25(32)37)5-4-6-20(18)28/h4-6,15-17,22-23,35H,7-14H2,1-3H3,(H,29,36)/t17?,22?,23-/m1/s1. The van der Waals surface area contributed by atoms with Gasteiger partial charge in [0, 0.05) is 55.3 Å². The van der Waals surface area contributed by atoms with Gasteiger partial charge in [0.25, 0.3) is 5.91 Å². The van der Waals surface area contributed by atoms with Gasteiger partial charge in [-0.3, -0.25) is 14.4 Å². The summed E-state index contributed by atoms with van der Waals surface area (Å²) in [6.45, 7) is 7.05. The molecule has 10 nitrogen and oxygen atoms in total. The summed E-state index contributed by atoms with van der Waals surface area (Å²) in [4.78, 5) is 43.1. The highest BCUT2D eigenvalue weighted by Gasteiger charge is 2.45. The van der Waals surface area contributed by atoms with Crippen LogP contribution in [0.2, 0.25) is 5.02 Å². The third kappa shape index (κ3) is 5.29. The van der Waals surface area contributed by atoms with Gasteiger partial charge in [-0.1, -0.05) is 43.7 Å². The topological polar surface area (TPSA) is 121 Å². The first-order chi connectivity index (χ1) is 18.0. The second-order valence-electron chi connectivity index (χ2n) is 11.7. The van der Waals surface area contributed by atoms with E-state index in [1.807, 2.05) is 27.0 Å². The molecular formula is C27H35ClN6O4. The van der Waals surface area contributed by atoms with Crippen LogP contribution in [-0.2, 0) is 16.0 Å². The summed E-state index contributed by atoms with van der Waals surface area (Å²) >= 11 is 6.24. The van der Waals surface area contributed by atoms with Gasteiger partial charge in [-0.15, -0.1) is 5.10 Å². The van der Waals surface area contributed by atoms with Crippen molar-refractivity contribution in [2.45, 2.75) is 70.6 Å². The molecule has 204 valence electrons. The van der Waals surface area contributed by atoms with Crippen LogP contribution in [0.4, 0.5) is 0 Å². The molecule has 2 fully saturated rings. The second-order valence-corrected chi connectivity index (χ2v) is 12.1. The van der Waals surface area contributed by atoms with E-state index in [-0.39, 0.29) is 37.2 Å². The molecule has 1 saturated heterocycles. The fraction of sp³-hybridized carbons (Fsp3) is 0.593. The SMILES string of the molecule is CC(C)(C)[C@@H](C(=O)N1CC(O)CC1C(=O)NCCN1CCc2c(Cl)cccc2C1=O)n1cc(C2CC2)nn1. The van der Waals surface area contributed by atoms with E-state index in [0.717, 1.165) is 24.1 Å². The minimum absolute atomic E-state index is 0.0792. The Morgan fingerprint density at radius 2 is 2.03 bits per heavy atom. The number of benzene rings is 1. The molecule has 2 aromatic rings. The Balaban J connectivity index is 1.24. The second kappa shape index (κ2) is 10.3. The first-order valence-electron chi connectivity index (χ1n) is 13.3. The van der Waals surface area contributed by atoms with Crippen LogP contribution in [0.3, 0.4) is 0 Å².